The van der Waals surface area contributed by atoms with Crippen molar-refractivity contribution >= 4 is 17.6 Å². The van der Waals surface area contributed by atoms with Gasteiger partial charge in [0.05, 0.1) is 12.7 Å². The van der Waals surface area contributed by atoms with Crippen LogP contribution in [0.4, 0.5) is 0 Å². The van der Waals surface area contributed by atoms with Crippen molar-refractivity contribution in [2.24, 2.45) is 0 Å². The molecule has 0 radical (unpaired) electrons. The monoisotopic (exact) mass is 332 g/mol. The predicted octanol–water partition coefficient (Wildman–Crippen LogP) is 3.98. The molecule has 1 N–H and O–H groups in total. The van der Waals surface area contributed by atoms with Crippen LogP contribution in [0.3, 0.4) is 0 Å². The number of rotatable bonds is 4. The first-order valence-electron chi connectivity index (χ1n) is 7.28. The minimum atomic E-state index is -0.975. The molecule has 2 aromatic rings. The zero-order valence-electron chi connectivity index (χ0n) is 12.9. The maximum Gasteiger partial charge on any atom is 0.335 e. The van der Waals surface area contributed by atoms with E-state index in [2.05, 4.69) is 0 Å². The molecule has 0 saturated heterocycles. The molecular weight excluding hydrogens is 316 g/mol. The van der Waals surface area contributed by atoms with Gasteiger partial charge in [-0.2, -0.15) is 0 Å². The van der Waals surface area contributed by atoms with Gasteiger partial charge in [0.1, 0.15) is 5.60 Å². The summed E-state index contributed by atoms with van der Waals surface area (Å²) in [4.78, 5) is 11.2. The number of ether oxygens (including phenoxy) is 2. The van der Waals surface area contributed by atoms with Crippen molar-refractivity contribution in [3.63, 3.8) is 0 Å². The Hall–Kier alpha value is -2.20. The van der Waals surface area contributed by atoms with Crippen LogP contribution in [-0.4, -0.2) is 23.8 Å². The van der Waals surface area contributed by atoms with E-state index < -0.39 is 11.6 Å². The lowest BCUT2D eigenvalue weighted by atomic mass is 9.91. The fourth-order valence-electron chi connectivity index (χ4n) is 3.00. The van der Waals surface area contributed by atoms with Crippen LogP contribution in [0.25, 0.3) is 0 Å². The summed E-state index contributed by atoms with van der Waals surface area (Å²) in [7, 11) is 1.51. The number of benzene rings is 2. The van der Waals surface area contributed by atoms with Crippen molar-refractivity contribution in [2.45, 2.75) is 25.4 Å². The quantitative estimate of drug-likeness (QED) is 0.920. The third kappa shape index (κ3) is 3.13. The maximum atomic E-state index is 11.2. The molecule has 5 heteroatoms. The number of aromatic carboxylic acids is 1. The van der Waals surface area contributed by atoms with Crippen LogP contribution in [0, 0.1) is 0 Å². The number of carboxylic acids is 1. The molecule has 0 aromatic heterocycles. The first-order valence-corrected chi connectivity index (χ1v) is 7.66. The van der Waals surface area contributed by atoms with Crippen molar-refractivity contribution in [2.75, 3.05) is 7.11 Å². The Morgan fingerprint density at radius 3 is 2.65 bits per heavy atom. The first kappa shape index (κ1) is 15.7. The molecule has 2 aromatic carbocycles. The predicted molar refractivity (Wildman–Crippen MR) is 87.8 cm³/mol. The zero-order chi connectivity index (χ0) is 16.6. The van der Waals surface area contributed by atoms with Crippen LogP contribution >= 0.6 is 11.6 Å². The van der Waals surface area contributed by atoms with Gasteiger partial charge in [-0.15, -0.1) is 0 Å². The molecule has 0 spiro atoms. The van der Waals surface area contributed by atoms with E-state index in [0.717, 1.165) is 11.1 Å². The van der Waals surface area contributed by atoms with Crippen molar-refractivity contribution in [1.82, 2.24) is 0 Å². The summed E-state index contributed by atoms with van der Waals surface area (Å²) in [6.45, 7) is 2.02. The van der Waals surface area contributed by atoms with Gasteiger partial charge in [-0.1, -0.05) is 23.7 Å². The Morgan fingerprint density at radius 1 is 1.35 bits per heavy atom. The number of halogens is 1. The second kappa shape index (κ2) is 5.78. The lowest BCUT2D eigenvalue weighted by molar-refractivity contribution is 0.0696. The smallest absolute Gasteiger partial charge is 0.335 e. The molecular formula is C18H17ClO4. The van der Waals surface area contributed by atoms with Crippen LogP contribution in [-0.2, 0) is 12.8 Å². The number of methoxy groups -OCH3 is 1. The van der Waals surface area contributed by atoms with Gasteiger partial charge in [-0.25, -0.2) is 4.79 Å². The summed E-state index contributed by atoms with van der Waals surface area (Å²) in [5, 5.41) is 9.92. The lowest BCUT2D eigenvalue weighted by Crippen LogP contribution is -2.32. The van der Waals surface area contributed by atoms with Crippen LogP contribution in [0.1, 0.15) is 28.4 Å². The molecule has 0 aliphatic carbocycles. The SMILES string of the molecule is COc1cc(C(=O)O)cc2c1OC(C)(Cc1ccc(Cl)cc1)C2. The van der Waals surface area contributed by atoms with E-state index in [1.807, 2.05) is 31.2 Å². The summed E-state index contributed by atoms with van der Waals surface area (Å²) in [6, 6.07) is 10.8. The Kier molecular flexibility index (Phi) is 3.94. The van der Waals surface area contributed by atoms with Gasteiger partial charge in [0.25, 0.3) is 0 Å². The highest BCUT2D eigenvalue weighted by Gasteiger charge is 2.37. The third-order valence-corrected chi connectivity index (χ3v) is 4.25. The van der Waals surface area contributed by atoms with Crippen molar-refractivity contribution in [1.29, 1.82) is 0 Å². The number of carbonyl (C=O) groups is 1. The number of fused-ring (bicyclic) bond motifs is 1. The Morgan fingerprint density at radius 2 is 2.04 bits per heavy atom. The average molecular weight is 333 g/mol. The topological polar surface area (TPSA) is 55.8 Å². The van der Waals surface area contributed by atoms with Gasteiger partial charge in [0, 0.05) is 23.4 Å². The summed E-state index contributed by atoms with van der Waals surface area (Å²) in [5.41, 5.74) is 1.74. The normalized spacial score (nSPS) is 19.1. The Balaban J connectivity index is 1.90. The molecule has 1 atom stereocenters. The standard InChI is InChI=1S/C18H17ClO4/c1-18(9-11-3-5-14(19)6-4-11)10-13-7-12(17(20)21)8-15(22-2)16(13)23-18/h3-8H,9-10H2,1-2H3,(H,20,21). The molecule has 4 nitrogen and oxygen atoms in total. The Bertz CT molecular complexity index is 754. The highest BCUT2D eigenvalue weighted by Crippen LogP contribution is 2.44. The minimum absolute atomic E-state index is 0.208. The summed E-state index contributed by atoms with van der Waals surface area (Å²) < 4.78 is 11.4. The summed E-state index contributed by atoms with van der Waals surface area (Å²) in [6.07, 6.45) is 1.33. The van der Waals surface area contributed by atoms with E-state index in [-0.39, 0.29) is 5.56 Å². The van der Waals surface area contributed by atoms with E-state index in [9.17, 15) is 9.90 Å². The summed E-state index contributed by atoms with van der Waals surface area (Å²) >= 11 is 5.92. The molecule has 1 aliphatic heterocycles. The number of carboxylic acid groups (broad SMARTS) is 1. The van der Waals surface area contributed by atoms with Gasteiger partial charge >= 0.3 is 5.97 Å². The van der Waals surface area contributed by atoms with Crippen LogP contribution < -0.4 is 9.47 Å². The highest BCUT2D eigenvalue weighted by atomic mass is 35.5. The minimum Gasteiger partial charge on any atom is -0.493 e. The van der Waals surface area contributed by atoms with E-state index >= 15 is 0 Å². The van der Waals surface area contributed by atoms with Gasteiger partial charge in [-0.05, 0) is 36.8 Å². The Labute approximate surface area is 139 Å². The third-order valence-electron chi connectivity index (χ3n) is 4.00. The van der Waals surface area contributed by atoms with Crippen molar-refractivity contribution < 1.29 is 19.4 Å². The molecule has 3 rings (SSSR count). The maximum absolute atomic E-state index is 11.2. The number of hydrogen-bond donors (Lipinski definition) is 1. The average Bonchev–Trinajstić information content (AvgIpc) is 2.84. The van der Waals surface area contributed by atoms with E-state index in [1.165, 1.54) is 13.2 Å². The van der Waals surface area contributed by atoms with Crippen LogP contribution in [0.5, 0.6) is 11.5 Å². The largest absolute Gasteiger partial charge is 0.493 e. The van der Waals surface area contributed by atoms with Crippen molar-refractivity contribution in [3.05, 3.63) is 58.1 Å². The lowest BCUT2D eigenvalue weighted by Gasteiger charge is -2.24. The molecule has 0 amide bonds. The van der Waals surface area contributed by atoms with Gasteiger partial charge < -0.3 is 14.6 Å². The van der Waals surface area contributed by atoms with E-state index in [4.69, 9.17) is 21.1 Å². The first-order chi connectivity index (χ1) is 10.9. The van der Waals surface area contributed by atoms with Gasteiger partial charge in [-0.3, -0.25) is 0 Å². The van der Waals surface area contributed by atoms with Gasteiger partial charge in [0.15, 0.2) is 11.5 Å². The molecule has 1 unspecified atom stereocenters. The molecule has 1 heterocycles. The van der Waals surface area contributed by atoms with Crippen LogP contribution in [0.2, 0.25) is 5.02 Å². The zero-order valence-corrected chi connectivity index (χ0v) is 13.7. The molecule has 0 bridgehead atoms. The van der Waals surface area contributed by atoms with Crippen molar-refractivity contribution in [3.8, 4) is 11.5 Å². The fraction of sp³-hybridized carbons (Fsp3) is 0.278. The van der Waals surface area contributed by atoms with E-state index in [1.54, 1.807) is 6.07 Å². The summed E-state index contributed by atoms with van der Waals surface area (Å²) in [5.74, 6) is 0.117. The number of hydrogen-bond acceptors (Lipinski definition) is 3. The molecule has 0 fully saturated rings. The fourth-order valence-corrected chi connectivity index (χ4v) is 3.13. The highest BCUT2D eigenvalue weighted by molar-refractivity contribution is 6.30. The molecule has 1 aliphatic rings. The van der Waals surface area contributed by atoms with E-state index in [0.29, 0.717) is 29.4 Å². The van der Waals surface area contributed by atoms with Gasteiger partial charge in [0.2, 0.25) is 0 Å². The second-order valence-electron chi connectivity index (χ2n) is 6.00. The molecule has 120 valence electrons. The molecule has 23 heavy (non-hydrogen) atoms. The van der Waals surface area contributed by atoms with Crippen LogP contribution in [0.15, 0.2) is 36.4 Å². The second-order valence-corrected chi connectivity index (χ2v) is 6.44. The molecule has 0 saturated carbocycles.